The maximum atomic E-state index is 13.1. The number of nitrogens with two attached hydrogens (primary N) is 1. The van der Waals surface area contributed by atoms with Gasteiger partial charge in [-0.15, -0.1) is 0 Å². The van der Waals surface area contributed by atoms with Crippen LogP contribution in [0.2, 0.25) is 0 Å². The Hall–Kier alpha value is -1.09. The van der Waals surface area contributed by atoms with E-state index < -0.39 is 0 Å². The van der Waals surface area contributed by atoms with E-state index in [9.17, 15) is 4.39 Å². The summed E-state index contributed by atoms with van der Waals surface area (Å²) in [5.41, 5.74) is 6.57. The Balaban J connectivity index is 1.94. The van der Waals surface area contributed by atoms with Gasteiger partial charge in [0.15, 0.2) is 0 Å². The van der Waals surface area contributed by atoms with Crippen molar-refractivity contribution < 1.29 is 4.39 Å². The molecule has 0 bridgehead atoms. The van der Waals surface area contributed by atoms with Crippen LogP contribution < -0.4 is 10.6 Å². The summed E-state index contributed by atoms with van der Waals surface area (Å²) in [5.74, 6) is 0.608. The van der Waals surface area contributed by atoms with Gasteiger partial charge in [0.05, 0.1) is 0 Å². The zero-order chi connectivity index (χ0) is 11.4. The van der Waals surface area contributed by atoms with Gasteiger partial charge in [-0.3, -0.25) is 0 Å². The van der Waals surface area contributed by atoms with E-state index in [1.54, 1.807) is 12.1 Å². The molecule has 16 heavy (non-hydrogen) atoms. The van der Waals surface area contributed by atoms with Crippen LogP contribution in [0.5, 0.6) is 0 Å². The van der Waals surface area contributed by atoms with Crippen LogP contribution in [-0.4, -0.2) is 19.6 Å². The summed E-state index contributed by atoms with van der Waals surface area (Å²) in [6, 6.07) is 6.86. The molecule has 0 saturated carbocycles. The van der Waals surface area contributed by atoms with Gasteiger partial charge in [0.2, 0.25) is 0 Å². The molecule has 1 aromatic carbocycles. The Bertz CT molecular complexity index is 332. The molecule has 0 unspecified atom stereocenters. The molecule has 1 aromatic rings. The van der Waals surface area contributed by atoms with E-state index in [0.717, 1.165) is 37.7 Å². The zero-order valence-electron chi connectivity index (χ0n) is 9.53. The first-order valence-corrected chi connectivity index (χ1v) is 6.00. The highest BCUT2D eigenvalue weighted by molar-refractivity contribution is 5.46. The fourth-order valence-corrected chi connectivity index (χ4v) is 2.39. The van der Waals surface area contributed by atoms with Crippen molar-refractivity contribution in [1.82, 2.24) is 0 Å². The number of anilines is 1. The highest BCUT2D eigenvalue weighted by Gasteiger charge is 2.18. The second kappa shape index (κ2) is 5.30. The third-order valence-electron chi connectivity index (χ3n) is 3.36. The van der Waals surface area contributed by atoms with Crippen molar-refractivity contribution in [2.75, 3.05) is 24.5 Å². The van der Waals surface area contributed by atoms with Crippen molar-refractivity contribution in [2.45, 2.75) is 19.3 Å². The van der Waals surface area contributed by atoms with Crippen LogP contribution in [0.1, 0.15) is 19.3 Å². The lowest BCUT2D eigenvalue weighted by molar-refractivity contribution is 0.386. The molecule has 1 saturated heterocycles. The van der Waals surface area contributed by atoms with Gasteiger partial charge in [-0.1, -0.05) is 6.07 Å². The average molecular weight is 222 g/mol. The molecule has 0 aliphatic carbocycles. The normalized spacial score (nSPS) is 17.8. The monoisotopic (exact) mass is 222 g/mol. The van der Waals surface area contributed by atoms with Crippen molar-refractivity contribution >= 4 is 5.69 Å². The van der Waals surface area contributed by atoms with Gasteiger partial charge >= 0.3 is 0 Å². The fraction of sp³-hybridized carbons (Fsp3) is 0.538. The second-order valence-corrected chi connectivity index (χ2v) is 4.49. The summed E-state index contributed by atoms with van der Waals surface area (Å²) in [7, 11) is 0. The smallest absolute Gasteiger partial charge is 0.125 e. The molecule has 0 atom stereocenters. The first-order chi connectivity index (χ1) is 7.79. The molecule has 0 radical (unpaired) electrons. The molecular formula is C13H19FN2. The van der Waals surface area contributed by atoms with Gasteiger partial charge in [-0.2, -0.15) is 0 Å². The number of piperidine rings is 1. The van der Waals surface area contributed by atoms with E-state index in [1.807, 2.05) is 6.07 Å². The number of hydrogen-bond acceptors (Lipinski definition) is 2. The zero-order valence-corrected chi connectivity index (χ0v) is 9.53. The van der Waals surface area contributed by atoms with Crippen molar-refractivity contribution in [1.29, 1.82) is 0 Å². The molecule has 1 aliphatic heterocycles. The Kier molecular flexibility index (Phi) is 3.78. The third-order valence-corrected chi connectivity index (χ3v) is 3.36. The summed E-state index contributed by atoms with van der Waals surface area (Å²) >= 11 is 0. The molecule has 2 rings (SSSR count). The average Bonchev–Trinajstić information content (AvgIpc) is 2.30. The maximum Gasteiger partial charge on any atom is 0.125 e. The molecule has 1 heterocycles. The highest BCUT2D eigenvalue weighted by Crippen LogP contribution is 2.25. The molecule has 3 heteroatoms. The Labute approximate surface area is 96.2 Å². The van der Waals surface area contributed by atoms with Crippen LogP contribution in [0.15, 0.2) is 24.3 Å². The van der Waals surface area contributed by atoms with Gasteiger partial charge in [-0.25, -0.2) is 4.39 Å². The molecule has 88 valence electrons. The molecule has 1 fully saturated rings. The summed E-state index contributed by atoms with van der Waals surface area (Å²) in [5, 5.41) is 0. The van der Waals surface area contributed by atoms with Crippen molar-refractivity contribution in [3.8, 4) is 0 Å². The van der Waals surface area contributed by atoms with E-state index in [2.05, 4.69) is 4.90 Å². The summed E-state index contributed by atoms with van der Waals surface area (Å²) in [6.07, 6.45) is 3.47. The van der Waals surface area contributed by atoms with Crippen molar-refractivity contribution in [3.05, 3.63) is 30.1 Å². The molecule has 0 aromatic heterocycles. The van der Waals surface area contributed by atoms with Gasteiger partial charge in [-0.05, 0) is 49.9 Å². The van der Waals surface area contributed by atoms with Gasteiger partial charge < -0.3 is 10.6 Å². The van der Waals surface area contributed by atoms with Gasteiger partial charge in [0.25, 0.3) is 0 Å². The standard InChI is InChI=1S/C13H19FN2/c14-12-2-1-3-13(10-12)16-8-5-11(4-7-15)6-9-16/h1-3,10-11H,4-9,15H2. The SMILES string of the molecule is NCCC1CCN(c2cccc(F)c2)CC1. The minimum Gasteiger partial charge on any atom is -0.371 e. The fourth-order valence-electron chi connectivity index (χ4n) is 2.39. The topological polar surface area (TPSA) is 29.3 Å². The van der Waals surface area contributed by atoms with Crippen LogP contribution >= 0.6 is 0 Å². The van der Waals surface area contributed by atoms with E-state index in [4.69, 9.17) is 5.73 Å². The van der Waals surface area contributed by atoms with Crippen LogP contribution in [0.25, 0.3) is 0 Å². The number of halogens is 1. The third kappa shape index (κ3) is 2.73. The minimum atomic E-state index is -0.151. The number of benzene rings is 1. The van der Waals surface area contributed by atoms with E-state index in [-0.39, 0.29) is 5.82 Å². The van der Waals surface area contributed by atoms with Crippen LogP contribution in [0, 0.1) is 11.7 Å². The Morgan fingerprint density at radius 2 is 2.06 bits per heavy atom. The number of hydrogen-bond donors (Lipinski definition) is 1. The lowest BCUT2D eigenvalue weighted by atomic mass is 9.93. The van der Waals surface area contributed by atoms with Crippen LogP contribution in [-0.2, 0) is 0 Å². The highest BCUT2D eigenvalue weighted by atomic mass is 19.1. The lowest BCUT2D eigenvalue weighted by Gasteiger charge is -2.33. The Morgan fingerprint density at radius 3 is 2.69 bits per heavy atom. The van der Waals surface area contributed by atoms with Gasteiger partial charge in [0, 0.05) is 18.8 Å². The molecule has 1 aliphatic rings. The largest absolute Gasteiger partial charge is 0.371 e. The predicted octanol–water partition coefficient (Wildman–Crippen LogP) is 2.39. The van der Waals surface area contributed by atoms with Crippen molar-refractivity contribution in [3.63, 3.8) is 0 Å². The first-order valence-electron chi connectivity index (χ1n) is 6.00. The lowest BCUT2D eigenvalue weighted by Crippen LogP contribution is -2.34. The van der Waals surface area contributed by atoms with E-state index in [1.165, 1.54) is 18.9 Å². The predicted molar refractivity (Wildman–Crippen MR) is 65.0 cm³/mol. The molecule has 2 nitrogen and oxygen atoms in total. The number of rotatable bonds is 3. The van der Waals surface area contributed by atoms with E-state index >= 15 is 0 Å². The maximum absolute atomic E-state index is 13.1. The van der Waals surface area contributed by atoms with Crippen LogP contribution in [0.3, 0.4) is 0 Å². The second-order valence-electron chi connectivity index (χ2n) is 4.49. The first kappa shape index (κ1) is 11.4. The quantitative estimate of drug-likeness (QED) is 0.851. The summed E-state index contributed by atoms with van der Waals surface area (Å²) in [6.45, 7) is 2.83. The van der Waals surface area contributed by atoms with Gasteiger partial charge in [0.1, 0.15) is 5.82 Å². The number of nitrogens with zero attached hydrogens (tertiary/aromatic N) is 1. The van der Waals surface area contributed by atoms with Crippen molar-refractivity contribution in [2.24, 2.45) is 11.7 Å². The molecule has 0 spiro atoms. The molecule has 2 N–H and O–H groups in total. The summed E-state index contributed by atoms with van der Waals surface area (Å²) < 4.78 is 13.1. The molecular weight excluding hydrogens is 203 g/mol. The van der Waals surface area contributed by atoms with E-state index in [0.29, 0.717) is 0 Å². The summed E-state index contributed by atoms with van der Waals surface area (Å²) in [4.78, 5) is 2.26. The minimum absolute atomic E-state index is 0.151. The Morgan fingerprint density at radius 1 is 1.31 bits per heavy atom. The van der Waals surface area contributed by atoms with Crippen LogP contribution in [0.4, 0.5) is 10.1 Å². The molecule has 0 amide bonds.